The minimum atomic E-state index is -0.214. The van der Waals surface area contributed by atoms with Crippen LogP contribution in [0.3, 0.4) is 0 Å². The Hall–Kier alpha value is -2.37. The summed E-state index contributed by atoms with van der Waals surface area (Å²) in [6, 6.07) is 5.56. The SMILES string of the molecule is CN(C)c1cc(CNC(=O)c2cc(C3CC3)on2)ccn1. The molecule has 1 amide bonds. The third-order valence-corrected chi connectivity index (χ3v) is 3.46. The van der Waals surface area contributed by atoms with E-state index in [2.05, 4.69) is 15.5 Å². The molecule has 1 fully saturated rings. The van der Waals surface area contributed by atoms with Gasteiger partial charge in [-0.2, -0.15) is 0 Å². The number of hydrogen-bond acceptors (Lipinski definition) is 5. The Balaban J connectivity index is 1.60. The van der Waals surface area contributed by atoms with Crippen LogP contribution in [0.25, 0.3) is 0 Å². The monoisotopic (exact) mass is 286 g/mol. The fourth-order valence-electron chi connectivity index (χ4n) is 2.04. The van der Waals surface area contributed by atoms with Crippen LogP contribution < -0.4 is 10.2 Å². The molecule has 0 bridgehead atoms. The van der Waals surface area contributed by atoms with Gasteiger partial charge < -0.3 is 14.7 Å². The summed E-state index contributed by atoms with van der Waals surface area (Å²) in [5.74, 6) is 1.92. The average Bonchev–Trinajstić information content (AvgIpc) is 3.22. The van der Waals surface area contributed by atoms with Gasteiger partial charge in [0.05, 0.1) is 0 Å². The summed E-state index contributed by atoms with van der Waals surface area (Å²) in [6.45, 7) is 0.438. The fraction of sp³-hybridized carbons (Fsp3) is 0.400. The molecule has 110 valence electrons. The molecule has 6 nitrogen and oxygen atoms in total. The number of hydrogen-bond donors (Lipinski definition) is 1. The summed E-state index contributed by atoms with van der Waals surface area (Å²) in [5.41, 5.74) is 1.34. The van der Waals surface area contributed by atoms with Gasteiger partial charge in [0.2, 0.25) is 0 Å². The van der Waals surface area contributed by atoms with Crippen molar-refractivity contribution in [3.63, 3.8) is 0 Å². The predicted molar refractivity (Wildman–Crippen MR) is 78.2 cm³/mol. The Morgan fingerprint density at radius 3 is 2.95 bits per heavy atom. The molecule has 0 radical (unpaired) electrons. The quantitative estimate of drug-likeness (QED) is 0.909. The van der Waals surface area contributed by atoms with Gasteiger partial charge in [-0.3, -0.25) is 4.79 Å². The third-order valence-electron chi connectivity index (χ3n) is 3.46. The van der Waals surface area contributed by atoms with Crippen molar-refractivity contribution in [3.05, 3.63) is 41.4 Å². The zero-order valence-electron chi connectivity index (χ0n) is 12.2. The zero-order valence-corrected chi connectivity index (χ0v) is 12.2. The molecule has 2 aromatic rings. The summed E-state index contributed by atoms with van der Waals surface area (Å²) < 4.78 is 5.18. The van der Waals surface area contributed by atoms with Crippen LogP contribution in [0, 0.1) is 0 Å². The van der Waals surface area contributed by atoms with E-state index in [0.717, 1.165) is 30.0 Å². The van der Waals surface area contributed by atoms with E-state index < -0.39 is 0 Å². The Bertz CT molecular complexity index is 647. The lowest BCUT2D eigenvalue weighted by molar-refractivity contribution is 0.0941. The van der Waals surface area contributed by atoms with E-state index in [0.29, 0.717) is 18.2 Å². The number of amides is 1. The molecule has 2 heterocycles. The molecule has 6 heteroatoms. The zero-order chi connectivity index (χ0) is 14.8. The van der Waals surface area contributed by atoms with Crippen LogP contribution in [-0.4, -0.2) is 30.1 Å². The van der Waals surface area contributed by atoms with Crippen molar-refractivity contribution < 1.29 is 9.32 Å². The molecule has 0 saturated heterocycles. The third kappa shape index (κ3) is 3.21. The highest BCUT2D eigenvalue weighted by molar-refractivity contribution is 5.92. The molecular formula is C15H18N4O2. The van der Waals surface area contributed by atoms with E-state index in [9.17, 15) is 4.79 Å². The van der Waals surface area contributed by atoms with E-state index in [1.807, 2.05) is 31.1 Å². The molecule has 0 aromatic carbocycles. The van der Waals surface area contributed by atoms with Gasteiger partial charge in [0.1, 0.15) is 11.6 Å². The predicted octanol–water partition coefficient (Wildman–Crippen LogP) is 1.94. The van der Waals surface area contributed by atoms with Crippen molar-refractivity contribution in [1.82, 2.24) is 15.5 Å². The molecule has 0 atom stereocenters. The number of carbonyl (C=O) groups is 1. The molecule has 1 saturated carbocycles. The molecule has 1 aliphatic carbocycles. The number of nitrogens with zero attached hydrogens (tertiary/aromatic N) is 3. The lowest BCUT2D eigenvalue weighted by atomic mass is 10.2. The van der Waals surface area contributed by atoms with Crippen LogP contribution >= 0.6 is 0 Å². The van der Waals surface area contributed by atoms with E-state index in [1.54, 1.807) is 12.3 Å². The lowest BCUT2D eigenvalue weighted by Gasteiger charge is -2.12. The van der Waals surface area contributed by atoms with Gasteiger partial charge >= 0.3 is 0 Å². The largest absolute Gasteiger partial charge is 0.363 e. The van der Waals surface area contributed by atoms with Crippen molar-refractivity contribution in [2.45, 2.75) is 25.3 Å². The van der Waals surface area contributed by atoms with Gasteiger partial charge in [-0.1, -0.05) is 5.16 Å². The Labute approximate surface area is 123 Å². The molecule has 0 spiro atoms. The van der Waals surface area contributed by atoms with E-state index in [-0.39, 0.29) is 5.91 Å². The van der Waals surface area contributed by atoms with Crippen LogP contribution in [0.15, 0.2) is 28.9 Å². The van der Waals surface area contributed by atoms with Crippen molar-refractivity contribution in [1.29, 1.82) is 0 Å². The van der Waals surface area contributed by atoms with E-state index in [4.69, 9.17) is 4.52 Å². The van der Waals surface area contributed by atoms with Gasteiger partial charge in [-0.15, -0.1) is 0 Å². The minimum absolute atomic E-state index is 0.214. The maximum absolute atomic E-state index is 12.0. The number of pyridine rings is 1. The highest BCUT2D eigenvalue weighted by Crippen LogP contribution is 2.40. The summed E-state index contributed by atoms with van der Waals surface area (Å²) in [6.07, 6.45) is 3.99. The summed E-state index contributed by atoms with van der Waals surface area (Å²) in [7, 11) is 3.86. The maximum atomic E-state index is 12.0. The van der Waals surface area contributed by atoms with Crippen LogP contribution in [0.4, 0.5) is 5.82 Å². The van der Waals surface area contributed by atoms with Crippen LogP contribution in [0.2, 0.25) is 0 Å². The highest BCUT2D eigenvalue weighted by atomic mass is 16.5. The smallest absolute Gasteiger partial charge is 0.273 e. The normalized spacial score (nSPS) is 14.0. The van der Waals surface area contributed by atoms with Gasteiger partial charge in [0.25, 0.3) is 5.91 Å². The molecule has 1 N–H and O–H groups in total. The second-order valence-electron chi connectivity index (χ2n) is 5.49. The highest BCUT2D eigenvalue weighted by Gasteiger charge is 2.28. The fourth-order valence-corrected chi connectivity index (χ4v) is 2.04. The van der Waals surface area contributed by atoms with Crippen molar-refractivity contribution in [3.8, 4) is 0 Å². The topological polar surface area (TPSA) is 71.3 Å². The van der Waals surface area contributed by atoms with Crippen LogP contribution in [-0.2, 0) is 6.54 Å². The van der Waals surface area contributed by atoms with Crippen LogP contribution in [0.1, 0.15) is 40.6 Å². The minimum Gasteiger partial charge on any atom is -0.363 e. The van der Waals surface area contributed by atoms with Gasteiger partial charge in [-0.05, 0) is 30.5 Å². The second-order valence-corrected chi connectivity index (χ2v) is 5.49. The summed E-state index contributed by atoms with van der Waals surface area (Å²) >= 11 is 0. The average molecular weight is 286 g/mol. The number of aromatic nitrogens is 2. The molecule has 0 unspecified atom stereocenters. The van der Waals surface area contributed by atoms with Gasteiger partial charge in [-0.25, -0.2) is 4.98 Å². The molecular weight excluding hydrogens is 268 g/mol. The maximum Gasteiger partial charge on any atom is 0.273 e. The summed E-state index contributed by atoms with van der Waals surface area (Å²) in [4.78, 5) is 18.2. The first kappa shape index (κ1) is 13.6. The molecule has 2 aromatic heterocycles. The summed E-state index contributed by atoms with van der Waals surface area (Å²) in [5, 5.41) is 6.67. The van der Waals surface area contributed by atoms with Crippen molar-refractivity contribution in [2.24, 2.45) is 0 Å². The first-order valence-electron chi connectivity index (χ1n) is 7.00. The molecule has 3 rings (SSSR count). The lowest BCUT2D eigenvalue weighted by Crippen LogP contribution is -2.23. The standard InChI is InChI=1S/C15H18N4O2/c1-19(2)14-7-10(5-6-16-14)9-17-15(20)12-8-13(21-18-12)11-3-4-11/h5-8,11H,3-4,9H2,1-2H3,(H,17,20). The Morgan fingerprint density at radius 1 is 1.43 bits per heavy atom. The van der Waals surface area contributed by atoms with E-state index >= 15 is 0 Å². The Morgan fingerprint density at radius 2 is 2.24 bits per heavy atom. The van der Waals surface area contributed by atoms with Crippen molar-refractivity contribution in [2.75, 3.05) is 19.0 Å². The Kier molecular flexibility index (Phi) is 3.60. The molecule has 0 aliphatic heterocycles. The van der Waals surface area contributed by atoms with Gasteiger partial charge in [0.15, 0.2) is 5.69 Å². The number of anilines is 1. The van der Waals surface area contributed by atoms with E-state index in [1.165, 1.54) is 0 Å². The number of carbonyl (C=O) groups excluding carboxylic acids is 1. The molecule has 1 aliphatic rings. The first-order chi connectivity index (χ1) is 10.1. The number of rotatable bonds is 5. The van der Waals surface area contributed by atoms with Gasteiger partial charge in [0, 0.05) is 38.8 Å². The second kappa shape index (κ2) is 5.55. The van der Waals surface area contributed by atoms with Crippen molar-refractivity contribution >= 4 is 11.7 Å². The number of nitrogens with one attached hydrogen (secondary N) is 1. The van der Waals surface area contributed by atoms with Crippen LogP contribution in [0.5, 0.6) is 0 Å². The molecule has 21 heavy (non-hydrogen) atoms. The first-order valence-corrected chi connectivity index (χ1v) is 7.00.